The average Bonchev–Trinajstić information content (AvgIpc) is 2.81. The molecule has 1 aliphatic heterocycles. The molecular formula is C29H35NO4. The summed E-state index contributed by atoms with van der Waals surface area (Å²) in [5.74, 6) is 1.01. The van der Waals surface area contributed by atoms with E-state index in [0.717, 1.165) is 28.8 Å². The summed E-state index contributed by atoms with van der Waals surface area (Å²) in [6.07, 6.45) is 2.17. The van der Waals surface area contributed by atoms with Crippen LogP contribution >= 0.6 is 0 Å². The first-order valence-corrected chi connectivity index (χ1v) is 12.2. The number of benzene rings is 2. The molecule has 5 nitrogen and oxygen atoms in total. The van der Waals surface area contributed by atoms with E-state index in [0.29, 0.717) is 30.9 Å². The Balaban J connectivity index is 1.70. The minimum Gasteiger partial charge on any atom is -0.493 e. The first-order valence-electron chi connectivity index (χ1n) is 12.2. The number of allylic oxidation sites excluding steroid dienone is 2. The van der Waals surface area contributed by atoms with Crippen molar-refractivity contribution in [3.05, 3.63) is 70.4 Å². The Morgan fingerprint density at radius 1 is 1.00 bits per heavy atom. The van der Waals surface area contributed by atoms with Crippen LogP contribution in [0, 0.1) is 0 Å². The number of hydrogen-bond acceptors (Lipinski definition) is 4. The molecule has 1 amide bonds. The standard InChI is InChI=1S/C29H35NO4/c1-6-14-34-28-21(8-7-9-25(28)33-5)22-17-26(32)30-23-15-19(16-24(31)27(22)23)18-10-12-20(13-11-18)29(2,3)4/h7-13,19,22H,6,14-17H2,1-5H3,(H,30,32). The number of carbonyl (C=O) groups excluding carboxylic acids is 2. The molecule has 2 aromatic carbocycles. The van der Waals surface area contributed by atoms with Crippen LogP contribution in [0.4, 0.5) is 0 Å². The Bertz CT molecular complexity index is 1110. The van der Waals surface area contributed by atoms with Crippen LogP contribution in [-0.4, -0.2) is 25.4 Å². The lowest BCUT2D eigenvalue weighted by Crippen LogP contribution is -2.38. The van der Waals surface area contributed by atoms with Crippen molar-refractivity contribution in [1.82, 2.24) is 5.32 Å². The summed E-state index contributed by atoms with van der Waals surface area (Å²) in [5, 5.41) is 3.02. The summed E-state index contributed by atoms with van der Waals surface area (Å²) in [6.45, 7) is 9.16. The molecule has 180 valence electrons. The number of amides is 1. The van der Waals surface area contributed by atoms with E-state index in [9.17, 15) is 9.59 Å². The predicted octanol–water partition coefficient (Wildman–Crippen LogP) is 5.79. The third-order valence-corrected chi connectivity index (χ3v) is 6.84. The van der Waals surface area contributed by atoms with Gasteiger partial charge in [-0.1, -0.05) is 64.1 Å². The van der Waals surface area contributed by atoms with Crippen LogP contribution in [0.15, 0.2) is 53.7 Å². The SMILES string of the molecule is CCCOc1c(OC)cccc1C1CC(=O)NC2=C1C(=O)CC(c1ccc(C(C)(C)C)cc1)C2. The van der Waals surface area contributed by atoms with Gasteiger partial charge in [0, 0.05) is 35.6 Å². The van der Waals surface area contributed by atoms with Gasteiger partial charge in [0.05, 0.1) is 13.7 Å². The first kappa shape index (κ1) is 24.1. The fraction of sp³-hybridized carbons (Fsp3) is 0.448. The molecule has 2 atom stereocenters. The number of methoxy groups -OCH3 is 1. The number of hydrogen-bond donors (Lipinski definition) is 1. The minimum absolute atomic E-state index is 0.0560. The van der Waals surface area contributed by atoms with E-state index in [1.54, 1.807) is 7.11 Å². The molecule has 5 heteroatoms. The zero-order valence-electron chi connectivity index (χ0n) is 20.9. The van der Waals surface area contributed by atoms with Crippen molar-refractivity contribution in [1.29, 1.82) is 0 Å². The van der Waals surface area contributed by atoms with Gasteiger partial charge in [0.1, 0.15) is 0 Å². The van der Waals surface area contributed by atoms with Crippen LogP contribution in [-0.2, 0) is 15.0 Å². The van der Waals surface area contributed by atoms with Crippen molar-refractivity contribution in [2.75, 3.05) is 13.7 Å². The molecule has 0 saturated carbocycles. The van der Waals surface area contributed by atoms with Crippen LogP contribution in [0.2, 0.25) is 0 Å². The molecule has 0 fully saturated rings. The van der Waals surface area contributed by atoms with E-state index in [-0.39, 0.29) is 35.4 Å². The molecule has 4 rings (SSSR count). The highest BCUT2D eigenvalue weighted by molar-refractivity contribution is 6.02. The van der Waals surface area contributed by atoms with Gasteiger partial charge < -0.3 is 14.8 Å². The second kappa shape index (κ2) is 9.65. The van der Waals surface area contributed by atoms with Gasteiger partial charge in [-0.05, 0) is 41.4 Å². The third kappa shape index (κ3) is 4.75. The Morgan fingerprint density at radius 3 is 2.38 bits per heavy atom. The summed E-state index contributed by atoms with van der Waals surface area (Å²) < 4.78 is 11.6. The van der Waals surface area contributed by atoms with Crippen molar-refractivity contribution < 1.29 is 19.1 Å². The topological polar surface area (TPSA) is 64.6 Å². The van der Waals surface area contributed by atoms with E-state index in [2.05, 4.69) is 50.4 Å². The molecule has 2 unspecified atom stereocenters. The molecule has 0 aromatic heterocycles. The van der Waals surface area contributed by atoms with Gasteiger partial charge in [-0.15, -0.1) is 0 Å². The van der Waals surface area contributed by atoms with Crippen molar-refractivity contribution in [2.24, 2.45) is 0 Å². The predicted molar refractivity (Wildman–Crippen MR) is 133 cm³/mol. The molecule has 1 N–H and O–H groups in total. The number of carbonyl (C=O) groups is 2. The van der Waals surface area contributed by atoms with Crippen molar-refractivity contribution in [3.63, 3.8) is 0 Å². The highest BCUT2D eigenvalue weighted by atomic mass is 16.5. The number of para-hydroxylation sites is 1. The Hall–Kier alpha value is -3.08. The van der Waals surface area contributed by atoms with Gasteiger partial charge in [0.2, 0.25) is 5.91 Å². The van der Waals surface area contributed by atoms with Crippen molar-refractivity contribution in [2.45, 2.75) is 70.6 Å². The fourth-order valence-electron chi connectivity index (χ4n) is 5.04. The van der Waals surface area contributed by atoms with E-state index >= 15 is 0 Å². The van der Waals surface area contributed by atoms with Gasteiger partial charge >= 0.3 is 0 Å². The first-order chi connectivity index (χ1) is 16.2. The Morgan fingerprint density at radius 2 is 1.74 bits per heavy atom. The quantitative estimate of drug-likeness (QED) is 0.592. The number of Topliss-reactive ketones (excluding diaryl/α,β-unsaturated/α-hetero) is 1. The van der Waals surface area contributed by atoms with E-state index < -0.39 is 0 Å². The average molecular weight is 462 g/mol. The Labute approximate surface area is 202 Å². The maximum atomic E-state index is 13.5. The van der Waals surface area contributed by atoms with Crippen LogP contribution < -0.4 is 14.8 Å². The molecule has 2 aromatic rings. The lowest BCUT2D eigenvalue weighted by molar-refractivity contribution is -0.122. The molecule has 0 radical (unpaired) electrons. The lowest BCUT2D eigenvalue weighted by Gasteiger charge is -2.35. The minimum atomic E-state index is -0.331. The summed E-state index contributed by atoms with van der Waals surface area (Å²) in [6, 6.07) is 14.3. The second-order valence-corrected chi connectivity index (χ2v) is 10.3. The van der Waals surface area contributed by atoms with Gasteiger partial charge in [-0.2, -0.15) is 0 Å². The zero-order valence-corrected chi connectivity index (χ0v) is 20.9. The normalized spacial score (nSPS) is 20.6. The van der Waals surface area contributed by atoms with Crippen LogP contribution in [0.5, 0.6) is 11.5 Å². The Kier molecular flexibility index (Phi) is 6.83. The van der Waals surface area contributed by atoms with Gasteiger partial charge in [0.25, 0.3) is 0 Å². The highest BCUT2D eigenvalue weighted by Gasteiger charge is 2.39. The lowest BCUT2D eigenvalue weighted by atomic mass is 9.73. The largest absolute Gasteiger partial charge is 0.493 e. The van der Waals surface area contributed by atoms with Gasteiger partial charge in [0.15, 0.2) is 17.3 Å². The van der Waals surface area contributed by atoms with Crippen LogP contribution in [0.25, 0.3) is 0 Å². The van der Waals surface area contributed by atoms with Gasteiger partial charge in [-0.3, -0.25) is 9.59 Å². The van der Waals surface area contributed by atoms with Gasteiger partial charge in [-0.25, -0.2) is 0 Å². The molecule has 2 aliphatic rings. The number of ether oxygens (including phenoxy) is 2. The van der Waals surface area contributed by atoms with E-state index in [4.69, 9.17) is 9.47 Å². The maximum absolute atomic E-state index is 13.5. The highest BCUT2D eigenvalue weighted by Crippen LogP contribution is 2.46. The van der Waals surface area contributed by atoms with Crippen molar-refractivity contribution in [3.8, 4) is 11.5 Å². The summed E-state index contributed by atoms with van der Waals surface area (Å²) in [7, 11) is 1.61. The number of rotatable bonds is 6. The fourth-order valence-corrected chi connectivity index (χ4v) is 5.04. The third-order valence-electron chi connectivity index (χ3n) is 6.84. The molecule has 0 bridgehead atoms. The monoisotopic (exact) mass is 461 g/mol. The van der Waals surface area contributed by atoms with Crippen molar-refractivity contribution >= 4 is 11.7 Å². The number of ketones is 1. The van der Waals surface area contributed by atoms with E-state index in [1.807, 2.05) is 25.1 Å². The molecule has 1 heterocycles. The summed E-state index contributed by atoms with van der Waals surface area (Å²) >= 11 is 0. The summed E-state index contributed by atoms with van der Waals surface area (Å²) in [4.78, 5) is 26.3. The molecule has 0 spiro atoms. The molecule has 0 saturated heterocycles. The number of nitrogens with one attached hydrogen (secondary N) is 1. The molecule has 1 aliphatic carbocycles. The maximum Gasteiger partial charge on any atom is 0.225 e. The zero-order chi connectivity index (χ0) is 24.5. The smallest absolute Gasteiger partial charge is 0.225 e. The molecular weight excluding hydrogens is 426 g/mol. The molecule has 34 heavy (non-hydrogen) atoms. The van der Waals surface area contributed by atoms with Crippen LogP contribution in [0.1, 0.15) is 81.9 Å². The summed E-state index contributed by atoms with van der Waals surface area (Å²) in [5.41, 5.74) is 4.80. The second-order valence-electron chi connectivity index (χ2n) is 10.3. The van der Waals surface area contributed by atoms with E-state index in [1.165, 1.54) is 5.56 Å². The van der Waals surface area contributed by atoms with Crippen LogP contribution in [0.3, 0.4) is 0 Å².